The van der Waals surface area contributed by atoms with Crippen molar-refractivity contribution < 1.29 is 14.3 Å². The summed E-state index contributed by atoms with van der Waals surface area (Å²) < 4.78 is 14.1. The van der Waals surface area contributed by atoms with E-state index in [2.05, 4.69) is 101 Å². The van der Waals surface area contributed by atoms with Crippen molar-refractivity contribution in [2.24, 2.45) is 28.6 Å². The van der Waals surface area contributed by atoms with Crippen LogP contribution in [-0.2, 0) is 9.16 Å². The van der Waals surface area contributed by atoms with E-state index in [0.29, 0.717) is 41.9 Å². The largest absolute Gasteiger partial charge is 0.413 e. The number of hydrogen-bond donors (Lipinski definition) is 1. The molecule has 4 aliphatic carbocycles. The van der Waals surface area contributed by atoms with E-state index in [1.807, 2.05) is 13.8 Å². The number of fused-ring (bicyclic) bond motifs is 5. The second-order valence-electron chi connectivity index (χ2n) is 19.6. The molecule has 4 rings (SSSR count). The summed E-state index contributed by atoms with van der Waals surface area (Å²) in [4.78, 5) is 0. The summed E-state index contributed by atoms with van der Waals surface area (Å²) in [6, 6.07) is 0. The summed E-state index contributed by atoms with van der Waals surface area (Å²) >= 11 is 0. The Morgan fingerprint density at radius 3 is 2.09 bits per heavy atom. The number of allylic oxidation sites excluding steroid dienone is 3. The van der Waals surface area contributed by atoms with E-state index >= 15 is 0 Å². The molecule has 3 saturated carbocycles. The fourth-order valence-corrected chi connectivity index (χ4v) is 13.5. The van der Waals surface area contributed by atoms with Crippen LogP contribution in [0, 0.1) is 28.6 Å². The lowest BCUT2D eigenvalue weighted by molar-refractivity contribution is -0.0577. The van der Waals surface area contributed by atoms with Crippen LogP contribution in [0.5, 0.6) is 0 Å². The Balaban J connectivity index is 1.68. The second-order valence-corrected chi connectivity index (χ2v) is 30.1. The second kappa shape index (κ2) is 11.5. The molecule has 3 nitrogen and oxygen atoms in total. The van der Waals surface area contributed by atoms with Gasteiger partial charge in [-0.15, -0.1) is 0 Å². The maximum atomic E-state index is 10.2. The maximum absolute atomic E-state index is 10.2. The Bertz CT molecular complexity index is 1080. The van der Waals surface area contributed by atoms with Gasteiger partial charge < -0.3 is 14.3 Å². The van der Waals surface area contributed by atoms with Gasteiger partial charge >= 0.3 is 0 Å². The lowest BCUT2D eigenvalue weighted by atomic mass is 9.49. The normalized spacial score (nSPS) is 36.3. The zero-order valence-electron chi connectivity index (χ0n) is 31.0. The third-order valence-corrected chi connectivity index (χ3v) is 25.4. The van der Waals surface area contributed by atoms with E-state index in [0.717, 1.165) is 5.54 Å². The fourth-order valence-electron chi connectivity index (χ4n) is 9.33. The van der Waals surface area contributed by atoms with Crippen molar-refractivity contribution in [2.75, 3.05) is 6.61 Å². The van der Waals surface area contributed by atoms with Crippen LogP contribution < -0.4 is 0 Å². The Hall–Kier alpha value is -0.206. The summed E-state index contributed by atoms with van der Waals surface area (Å²) in [6.07, 6.45) is 14.0. The molecule has 3 fully saturated rings. The highest BCUT2D eigenvalue weighted by Gasteiger charge is 2.61. The zero-order valence-corrected chi connectivity index (χ0v) is 33.0. The molecule has 0 aromatic rings. The number of hydrogen-bond acceptors (Lipinski definition) is 3. The summed E-state index contributed by atoms with van der Waals surface area (Å²) in [5, 5.41) is 10.8. The molecule has 0 radical (unpaired) electrons. The van der Waals surface area contributed by atoms with Gasteiger partial charge in [-0.05, 0) is 118 Å². The van der Waals surface area contributed by atoms with Crippen LogP contribution in [0.3, 0.4) is 0 Å². The number of rotatable bonds is 8. The molecule has 0 aromatic heterocycles. The van der Waals surface area contributed by atoms with Gasteiger partial charge in [0.05, 0.1) is 25.9 Å². The van der Waals surface area contributed by atoms with Crippen LogP contribution in [0.1, 0.15) is 121 Å². The number of ether oxygens (including phenoxy) is 1. The van der Waals surface area contributed by atoms with Crippen LogP contribution in [0.4, 0.5) is 0 Å². The predicted octanol–water partition coefficient (Wildman–Crippen LogP) is 10.9. The smallest absolute Gasteiger partial charge is 0.192 e. The molecule has 0 amide bonds. The Morgan fingerprint density at radius 1 is 0.907 bits per heavy atom. The first-order valence-electron chi connectivity index (χ1n) is 17.8. The molecule has 0 bridgehead atoms. The van der Waals surface area contributed by atoms with Gasteiger partial charge in [0, 0.05) is 12.0 Å². The predicted molar refractivity (Wildman–Crippen MR) is 190 cm³/mol. The Labute approximate surface area is 269 Å². The van der Waals surface area contributed by atoms with Gasteiger partial charge in [0.1, 0.15) is 0 Å². The van der Waals surface area contributed by atoms with Crippen LogP contribution in [0.25, 0.3) is 0 Å². The fraction of sp³-hybridized carbons (Fsp3) is 0.895. The van der Waals surface area contributed by atoms with Gasteiger partial charge in [0.25, 0.3) is 0 Å². The van der Waals surface area contributed by atoms with Crippen molar-refractivity contribution in [3.8, 4) is 0 Å². The van der Waals surface area contributed by atoms with Gasteiger partial charge in [-0.3, -0.25) is 0 Å². The van der Waals surface area contributed by atoms with E-state index in [1.54, 1.807) is 11.1 Å². The lowest BCUT2D eigenvalue weighted by Gasteiger charge is -2.61. The molecule has 248 valence electrons. The van der Waals surface area contributed by atoms with Crippen molar-refractivity contribution >= 4 is 16.4 Å². The third-order valence-electron chi connectivity index (χ3n) is 14.6. The highest BCUT2D eigenvalue weighted by atomic mass is 28.4. The van der Waals surface area contributed by atoms with Crippen LogP contribution >= 0.6 is 0 Å². The maximum Gasteiger partial charge on any atom is 0.192 e. The summed E-state index contributed by atoms with van der Waals surface area (Å²) in [7, 11) is -3.52. The van der Waals surface area contributed by atoms with Gasteiger partial charge in [0.2, 0.25) is 0 Å². The molecule has 0 saturated heterocycles. The standard InChI is InChI=1S/C38H70O3Si2/c1-26(40-23-22-36(8,9)39)30-18-19-31-29-17-16-27-24-28(42(12,13)34(2,3)4)25-33(41-43(14,15)35(5,6)7)38(27,11)32(29)20-21-37(30,31)10/h16-17,26,28,30-33,39H,18-25H2,1-15H3/t26-,28+,30+,31?,32?,33-,37+,38-/m0/s1. The van der Waals surface area contributed by atoms with E-state index in [-0.39, 0.29) is 22.0 Å². The first-order valence-corrected chi connectivity index (χ1v) is 23.8. The molecule has 4 aliphatic rings. The van der Waals surface area contributed by atoms with Crippen molar-refractivity contribution in [1.82, 2.24) is 0 Å². The van der Waals surface area contributed by atoms with Gasteiger partial charge in [-0.1, -0.05) is 91.8 Å². The van der Waals surface area contributed by atoms with E-state index in [1.165, 1.54) is 38.5 Å². The van der Waals surface area contributed by atoms with E-state index in [4.69, 9.17) is 9.16 Å². The number of aliphatic hydroxyl groups is 1. The minimum atomic E-state index is -1.97. The van der Waals surface area contributed by atoms with Gasteiger partial charge in [0.15, 0.2) is 8.32 Å². The van der Waals surface area contributed by atoms with E-state index < -0.39 is 22.0 Å². The third kappa shape index (κ3) is 6.39. The Kier molecular flexibility index (Phi) is 9.53. The lowest BCUT2D eigenvalue weighted by Crippen LogP contribution is -2.58. The quantitative estimate of drug-likeness (QED) is 0.271. The molecule has 0 heterocycles. The van der Waals surface area contributed by atoms with Crippen LogP contribution in [0.15, 0.2) is 23.3 Å². The SMILES string of the molecule is C[C@H](OCCC(C)(C)O)[C@H]1CCC2C3=CC=C4C[C@@H]([Si](C)(C)C(C)(C)C)C[C@H](O[Si](C)(C)C(C)(C)C)[C@]4(C)C3CC[C@@]21C. The van der Waals surface area contributed by atoms with Crippen LogP contribution in [-0.4, -0.2) is 45.9 Å². The highest BCUT2D eigenvalue weighted by molar-refractivity contribution is 6.81. The van der Waals surface area contributed by atoms with Crippen molar-refractivity contribution in [1.29, 1.82) is 0 Å². The highest BCUT2D eigenvalue weighted by Crippen LogP contribution is 2.68. The van der Waals surface area contributed by atoms with Crippen molar-refractivity contribution in [2.45, 2.75) is 181 Å². The molecule has 2 unspecified atom stereocenters. The minimum Gasteiger partial charge on any atom is -0.413 e. The van der Waals surface area contributed by atoms with Gasteiger partial charge in [-0.2, -0.15) is 0 Å². The van der Waals surface area contributed by atoms with Crippen molar-refractivity contribution in [3.05, 3.63) is 23.3 Å². The first kappa shape index (κ1) is 35.6. The monoisotopic (exact) mass is 630 g/mol. The molecular weight excluding hydrogens is 561 g/mol. The first-order chi connectivity index (χ1) is 19.4. The topological polar surface area (TPSA) is 38.7 Å². The summed E-state index contributed by atoms with van der Waals surface area (Å²) in [6.45, 7) is 36.9. The molecule has 0 spiro atoms. The Morgan fingerprint density at radius 2 is 1.53 bits per heavy atom. The molecule has 43 heavy (non-hydrogen) atoms. The minimum absolute atomic E-state index is 0.0900. The molecule has 8 atom stereocenters. The van der Waals surface area contributed by atoms with Gasteiger partial charge in [-0.25, -0.2) is 0 Å². The molecule has 0 aliphatic heterocycles. The molecule has 5 heteroatoms. The summed E-state index contributed by atoms with van der Waals surface area (Å²) in [5.41, 5.74) is 3.90. The van der Waals surface area contributed by atoms with E-state index in [9.17, 15) is 5.11 Å². The van der Waals surface area contributed by atoms with Crippen molar-refractivity contribution in [3.63, 3.8) is 0 Å². The average Bonchev–Trinajstić information content (AvgIpc) is 3.19. The molecular formula is C38H70O3Si2. The zero-order chi connectivity index (χ0) is 32.6. The average molecular weight is 631 g/mol. The molecule has 1 N–H and O–H groups in total. The van der Waals surface area contributed by atoms with Crippen LogP contribution in [0.2, 0.25) is 41.8 Å². The molecule has 0 aromatic carbocycles. The summed E-state index contributed by atoms with van der Waals surface area (Å²) in [5.74, 6) is 1.80.